The molecule has 5 nitrogen and oxygen atoms in total. The Labute approximate surface area is 123 Å². The summed E-state index contributed by atoms with van der Waals surface area (Å²) in [4.78, 5) is 12.8. The Balaban J connectivity index is 1.65. The van der Waals surface area contributed by atoms with E-state index in [4.69, 9.17) is 0 Å². The van der Waals surface area contributed by atoms with Crippen molar-refractivity contribution in [2.24, 2.45) is 0 Å². The van der Waals surface area contributed by atoms with Crippen LogP contribution in [0.3, 0.4) is 0 Å². The number of aromatic nitrogens is 2. The highest BCUT2D eigenvalue weighted by Gasteiger charge is 2.04. The second-order valence-electron chi connectivity index (χ2n) is 3.92. The molecule has 2 aromatic heterocycles. The van der Waals surface area contributed by atoms with Crippen LogP contribution in [0.5, 0.6) is 0 Å². The van der Waals surface area contributed by atoms with E-state index in [1.165, 1.54) is 22.9 Å². The number of amides is 2. The molecule has 0 radical (unpaired) electrons. The van der Waals surface area contributed by atoms with Gasteiger partial charge in [0.25, 0.3) is 0 Å². The Morgan fingerprint density at radius 3 is 2.60 bits per heavy atom. The number of urea groups is 1. The van der Waals surface area contributed by atoms with Gasteiger partial charge in [-0.15, -0.1) is 16.4 Å². The number of thiophene rings is 1. The summed E-state index contributed by atoms with van der Waals surface area (Å²) in [6.07, 6.45) is 1.72. The topological polar surface area (TPSA) is 66.9 Å². The number of carbonyl (C=O) groups excluding carboxylic acids is 1. The van der Waals surface area contributed by atoms with Gasteiger partial charge in [0, 0.05) is 5.69 Å². The summed E-state index contributed by atoms with van der Waals surface area (Å²) in [6.45, 7) is 0. The maximum Gasteiger partial charge on any atom is 0.324 e. The SMILES string of the molecule is O=C(Nc1ccc(-c2cnns2)cc1)Nc1cccs1. The molecule has 3 rings (SSSR count). The highest BCUT2D eigenvalue weighted by atomic mass is 32.1. The van der Waals surface area contributed by atoms with Gasteiger partial charge in [-0.05, 0) is 46.7 Å². The molecular formula is C13H10N4OS2. The second kappa shape index (κ2) is 5.81. The van der Waals surface area contributed by atoms with Gasteiger partial charge < -0.3 is 5.32 Å². The fourth-order valence-electron chi connectivity index (χ4n) is 1.64. The van der Waals surface area contributed by atoms with Gasteiger partial charge in [0.1, 0.15) is 0 Å². The Morgan fingerprint density at radius 2 is 1.95 bits per heavy atom. The third-order valence-electron chi connectivity index (χ3n) is 2.55. The summed E-state index contributed by atoms with van der Waals surface area (Å²) in [7, 11) is 0. The van der Waals surface area contributed by atoms with Crippen molar-refractivity contribution >= 4 is 39.6 Å². The van der Waals surface area contributed by atoms with E-state index in [-0.39, 0.29) is 6.03 Å². The number of hydrogen-bond donors (Lipinski definition) is 2. The summed E-state index contributed by atoms with van der Waals surface area (Å²) in [5.41, 5.74) is 1.77. The summed E-state index contributed by atoms with van der Waals surface area (Å²) in [5, 5.41) is 12.1. The number of hydrogen-bond acceptors (Lipinski definition) is 5. The van der Waals surface area contributed by atoms with E-state index in [1.54, 1.807) is 6.20 Å². The van der Waals surface area contributed by atoms with Crippen LogP contribution in [0.1, 0.15) is 0 Å². The molecule has 0 bridgehead atoms. The van der Waals surface area contributed by atoms with E-state index in [2.05, 4.69) is 20.2 Å². The maximum atomic E-state index is 11.8. The normalized spacial score (nSPS) is 10.2. The van der Waals surface area contributed by atoms with Crippen LogP contribution in [0, 0.1) is 0 Å². The third-order valence-corrected chi connectivity index (χ3v) is 4.05. The van der Waals surface area contributed by atoms with Gasteiger partial charge in [0.05, 0.1) is 16.1 Å². The predicted molar refractivity (Wildman–Crippen MR) is 82.3 cm³/mol. The Morgan fingerprint density at radius 1 is 1.10 bits per heavy atom. The second-order valence-corrected chi connectivity index (χ2v) is 5.65. The van der Waals surface area contributed by atoms with Gasteiger partial charge in [-0.3, -0.25) is 5.32 Å². The van der Waals surface area contributed by atoms with Crippen molar-refractivity contribution in [1.82, 2.24) is 9.59 Å². The minimum Gasteiger partial charge on any atom is -0.308 e. The first-order valence-corrected chi connectivity index (χ1v) is 7.46. The zero-order valence-electron chi connectivity index (χ0n) is 10.2. The molecule has 0 fully saturated rings. The van der Waals surface area contributed by atoms with Crippen LogP contribution in [0.25, 0.3) is 10.4 Å². The molecule has 0 saturated heterocycles. The van der Waals surface area contributed by atoms with Crippen molar-refractivity contribution in [2.45, 2.75) is 0 Å². The molecule has 100 valence electrons. The maximum absolute atomic E-state index is 11.8. The quantitative estimate of drug-likeness (QED) is 0.771. The van der Waals surface area contributed by atoms with Crippen LogP contribution in [0.15, 0.2) is 48.0 Å². The molecule has 0 saturated carbocycles. The van der Waals surface area contributed by atoms with Gasteiger partial charge in [-0.25, -0.2) is 4.79 Å². The van der Waals surface area contributed by atoms with E-state index in [9.17, 15) is 4.79 Å². The van der Waals surface area contributed by atoms with Gasteiger partial charge >= 0.3 is 6.03 Å². The van der Waals surface area contributed by atoms with Crippen LogP contribution in [0.2, 0.25) is 0 Å². The molecule has 7 heteroatoms. The zero-order chi connectivity index (χ0) is 13.8. The minimum absolute atomic E-state index is 0.250. The molecule has 2 N–H and O–H groups in total. The number of nitrogens with zero attached hydrogens (tertiary/aromatic N) is 2. The van der Waals surface area contributed by atoms with E-state index in [1.807, 2.05) is 41.8 Å². The van der Waals surface area contributed by atoms with Crippen LogP contribution in [0.4, 0.5) is 15.5 Å². The predicted octanol–water partition coefficient (Wildman–Crippen LogP) is 3.91. The molecule has 0 aliphatic rings. The van der Waals surface area contributed by atoms with E-state index >= 15 is 0 Å². The first kappa shape index (κ1) is 12.8. The number of anilines is 2. The van der Waals surface area contributed by atoms with Crippen LogP contribution >= 0.6 is 22.9 Å². The van der Waals surface area contributed by atoms with Crippen molar-refractivity contribution < 1.29 is 4.79 Å². The fourth-order valence-corrected chi connectivity index (χ4v) is 2.77. The molecule has 0 atom stereocenters. The van der Waals surface area contributed by atoms with Crippen LogP contribution in [-0.4, -0.2) is 15.6 Å². The van der Waals surface area contributed by atoms with Crippen LogP contribution < -0.4 is 10.6 Å². The lowest BCUT2D eigenvalue weighted by Gasteiger charge is -2.06. The third kappa shape index (κ3) is 3.01. The molecule has 1 aromatic carbocycles. The first-order chi connectivity index (χ1) is 9.81. The van der Waals surface area contributed by atoms with Crippen LogP contribution in [-0.2, 0) is 0 Å². The molecule has 0 unspecified atom stereocenters. The number of carbonyl (C=O) groups is 1. The van der Waals surface area contributed by atoms with E-state index in [0.29, 0.717) is 0 Å². The Kier molecular flexibility index (Phi) is 3.71. The number of rotatable bonds is 3. The molecule has 3 aromatic rings. The highest BCUT2D eigenvalue weighted by molar-refractivity contribution is 7.14. The lowest BCUT2D eigenvalue weighted by atomic mass is 10.2. The first-order valence-electron chi connectivity index (χ1n) is 5.80. The van der Waals surface area contributed by atoms with E-state index in [0.717, 1.165) is 21.1 Å². The molecular weight excluding hydrogens is 292 g/mol. The minimum atomic E-state index is -0.250. The standard InChI is InChI=1S/C13H10N4OS2/c18-13(16-12-2-1-7-19-12)15-10-5-3-9(4-6-10)11-8-14-17-20-11/h1-8H,(H2,15,16,18). The van der Waals surface area contributed by atoms with Crippen molar-refractivity contribution in [3.05, 3.63) is 48.0 Å². The van der Waals surface area contributed by atoms with Crippen molar-refractivity contribution in [1.29, 1.82) is 0 Å². The average Bonchev–Trinajstić information content (AvgIpc) is 3.12. The van der Waals surface area contributed by atoms with Gasteiger partial charge in [0.15, 0.2) is 0 Å². The molecule has 0 aliphatic heterocycles. The van der Waals surface area contributed by atoms with Gasteiger partial charge in [0.2, 0.25) is 0 Å². The fraction of sp³-hybridized carbons (Fsp3) is 0. The smallest absolute Gasteiger partial charge is 0.308 e. The van der Waals surface area contributed by atoms with E-state index < -0.39 is 0 Å². The average molecular weight is 302 g/mol. The lowest BCUT2D eigenvalue weighted by molar-refractivity contribution is 0.262. The van der Waals surface area contributed by atoms with Gasteiger partial charge in [-0.1, -0.05) is 16.6 Å². The number of benzene rings is 1. The van der Waals surface area contributed by atoms with Crippen molar-refractivity contribution in [3.63, 3.8) is 0 Å². The molecule has 0 aliphatic carbocycles. The summed E-state index contributed by atoms with van der Waals surface area (Å²) >= 11 is 2.82. The largest absolute Gasteiger partial charge is 0.324 e. The Hall–Kier alpha value is -2.25. The van der Waals surface area contributed by atoms with Crippen molar-refractivity contribution in [3.8, 4) is 10.4 Å². The summed E-state index contributed by atoms with van der Waals surface area (Å²) in [5.74, 6) is 0. The monoisotopic (exact) mass is 302 g/mol. The molecule has 2 heterocycles. The zero-order valence-corrected chi connectivity index (χ0v) is 11.9. The molecule has 20 heavy (non-hydrogen) atoms. The lowest BCUT2D eigenvalue weighted by Crippen LogP contribution is -2.18. The number of nitrogens with one attached hydrogen (secondary N) is 2. The van der Waals surface area contributed by atoms with Gasteiger partial charge in [-0.2, -0.15) is 0 Å². The molecule has 0 spiro atoms. The van der Waals surface area contributed by atoms with Crippen molar-refractivity contribution in [2.75, 3.05) is 10.6 Å². The Bertz CT molecular complexity index is 678. The highest BCUT2D eigenvalue weighted by Crippen LogP contribution is 2.23. The summed E-state index contributed by atoms with van der Waals surface area (Å²) < 4.78 is 3.82. The molecule has 2 amide bonds. The summed E-state index contributed by atoms with van der Waals surface area (Å²) in [6, 6.07) is 11.0.